The topological polar surface area (TPSA) is 43.5 Å². The first-order valence-corrected chi connectivity index (χ1v) is 19.3. The van der Waals surface area contributed by atoms with Gasteiger partial charge in [-0.05, 0) is 134 Å². The van der Waals surface area contributed by atoms with Crippen LogP contribution in [0.15, 0.2) is 98.1 Å². The fraction of sp³-hybridized carbons (Fsp3) is 0.250. The van der Waals surface area contributed by atoms with Crippen LogP contribution in [0.5, 0.6) is 0 Å². The fourth-order valence-corrected chi connectivity index (χ4v) is 11.5. The number of nitrogens with zero attached hydrogens (tertiary/aromatic N) is 2. The Bertz CT molecular complexity index is 3000. The molecule has 0 atom stereocenters. The molecule has 3 aromatic heterocycles. The summed E-state index contributed by atoms with van der Waals surface area (Å²) in [4.78, 5) is 28.3. The summed E-state index contributed by atoms with van der Waals surface area (Å²) in [5.74, 6) is 1.69. The van der Waals surface area contributed by atoms with Gasteiger partial charge in [-0.25, -0.2) is 0 Å². The molecule has 5 aromatic carbocycles. The SMILES string of the molecule is C=C/C=C(\C=C)n1c2cccc3cccc(c4cc5c6cc7c(cc6n6c8cc9c(cc8c(c41)c56)C1CCC(CC1)C9=O)C(=O)C1CCC7CC1)c32. The lowest BCUT2D eigenvalue weighted by Crippen LogP contribution is -2.15. The Balaban J connectivity index is 1.37. The number of benzene rings is 5. The zero-order chi connectivity index (χ0) is 34.6. The van der Waals surface area contributed by atoms with Crippen molar-refractivity contribution in [3.63, 3.8) is 0 Å². The van der Waals surface area contributed by atoms with Crippen LogP contribution in [-0.4, -0.2) is 20.5 Å². The second-order valence-electron chi connectivity index (χ2n) is 16.2. The molecule has 0 aliphatic heterocycles. The van der Waals surface area contributed by atoms with Gasteiger partial charge in [0.05, 0.1) is 27.6 Å². The van der Waals surface area contributed by atoms with Gasteiger partial charge < -0.3 is 8.97 Å². The molecule has 0 radical (unpaired) electrons. The highest BCUT2D eigenvalue weighted by Crippen LogP contribution is 2.52. The van der Waals surface area contributed by atoms with Gasteiger partial charge in [0.1, 0.15) is 0 Å². The van der Waals surface area contributed by atoms with Crippen LogP contribution >= 0.6 is 0 Å². The number of hydrogen-bond donors (Lipinski definition) is 0. The van der Waals surface area contributed by atoms with Crippen molar-refractivity contribution in [2.45, 2.75) is 63.2 Å². The summed E-state index contributed by atoms with van der Waals surface area (Å²) in [6, 6.07) is 24.9. The maximum atomic E-state index is 14.2. The van der Waals surface area contributed by atoms with Gasteiger partial charge in [0.25, 0.3) is 0 Å². The molecular formula is C48H38N2O2. The molecule has 4 bridgehead atoms. The lowest BCUT2D eigenvalue weighted by atomic mass is 9.82. The first kappa shape index (κ1) is 29.1. The zero-order valence-corrected chi connectivity index (χ0v) is 29.2. The predicted octanol–water partition coefficient (Wildman–Crippen LogP) is 12.3. The number of rotatable bonds is 3. The van der Waals surface area contributed by atoms with Gasteiger partial charge in [0.2, 0.25) is 0 Å². The molecular weight excluding hydrogens is 637 g/mol. The Morgan fingerprint density at radius 3 is 1.79 bits per heavy atom. The predicted molar refractivity (Wildman–Crippen MR) is 214 cm³/mol. The third kappa shape index (κ3) is 3.49. The summed E-state index contributed by atoms with van der Waals surface area (Å²) in [6.07, 6.45) is 14.1. The molecule has 52 heavy (non-hydrogen) atoms. The lowest BCUT2D eigenvalue weighted by Gasteiger charge is -2.22. The van der Waals surface area contributed by atoms with Crippen LogP contribution in [0.25, 0.3) is 76.4 Å². The van der Waals surface area contributed by atoms with E-state index in [-0.39, 0.29) is 11.8 Å². The molecule has 0 unspecified atom stereocenters. The van der Waals surface area contributed by atoms with E-state index in [1.807, 2.05) is 12.2 Å². The van der Waals surface area contributed by atoms with E-state index in [0.29, 0.717) is 23.4 Å². The highest BCUT2D eigenvalue weighted by Gasteiger charge is 2.38. The first-order valence-electron chi connectivity index (χ1n) is 19.3. The zero-order valence-electron chi connectivity index (χ0n) is 29.2. The highest BCUT2D eigenvalue weighted by atomic mass is 16.1. The van der Waals surface area contributed by atoms with Crippen LogP contribution in [0.3, 0.4) is 0 Å². The van der Waals surface area contributed by atoms with Crippen LogP contribution in [0.2, 0.25) is 0 Å². The van der Waals surface area contributed by atoms with Crippen molar-refractivity contribution in [1.29, 1.82) is 0 Å². The average molecular weight is 675 g/mol. The molecule has 0 spiro atoms. The average Bonchev–Trinajstić information content (AvgIpc) is 3.50. The lowest BCUT2D eigenvalue weighted by molar-refractivity contribution is 0.0891. The van der Waals surface area contributed by atoms with Gasteiger partial charge in [-0.1, -0.05) is 49.6 Å². The van der Waals surface area contributed by atoms with E-state index >= 15 is 0 Å². The monoisotopic (exact) mass is 674 g/mol. The van der Waals surface area contributed by atoms with Gasteiger partial charge in [0.15, 0.2) is 11.6 Å². The van der Waals surface area contributed by atoms with Crippen LogP contribution in [0.1, 0.15) is 95.0 Å². The van der Waals surface area contributed by atoms with Gasteiger partial charge in [0, 0.05) is 61.0 Å². The van der Waals surface area contributed by atoms with E-state index in [1.54, 1.807) is 0 Å². The van der Waals surface area contributed by atoms with E-state index in [4.69, 9.17) is 0 Å². The molecule has 0 N–H and O–H groups in total. The molecule has 8 aromatic rings. The van der Waals surface area contributed by atoms with Crippen LogP contribution in [0, 0.1) is 11.8 Å². The van der Waals surface area contributed by atoms with E-state index in [0.717, 1.165) is 95.8 Å². The first-order chi connectivity index (χ1) is 25.5. The molecule has 0 saturated heterocycles. The molecule has 4 nitrogen and oxygen atoms in total. The Kier molecular flexibility index (Phi) is 5.66. The summed E-state index contributed by atoms with van der Waals surface area (Å²) in [6.45, 7) is 8.40. The number of carbonyl (C=O) groups excluding carboxylic acids is 2. The number of allylic oxidation sites excluding steroid dienone is 4. The second kappa shape index (κ2) is 10.1. The quantitative estimate of drug-likeness (QED) is 0.106. The van der Waals surface area contributed by atoms with Crippen molar-refractivity contribution in [1.82, 2.24) is 8.97 Å². The van der Waals surface area contributed by atoms with Crippen LogP contribution in [-0.2, 0) is 0 Å². The number of Topliss-reactive ketones (excluding diaryl/α,β-unsaturated/α-hetero) is 2. The van der Waals surface area contributed by atoms with E-state index < -0.39 is 0 Å². The van der Waals surface area contributed by atoms with Crippen molar-refractivity contribution in [2.75, 3.05) is 0 Å². The third-order valence-electron chi connectivity index (χ3n) is 13.9. The summed E-state index contributed by atoms with van der Waals surface area (Å²) in [7, 11) is 0. The highest BCUT2D eigenvalue weighted by molar-refractivity contribution is 6.36. The molecule has 2 fully saturated rings. The largest absolute Gasteiger partial charge is 0.309 e. The molecule has 14 rings (SSSR count). The number of hydrogen-bond acceptors (Lipinski definition) is 2. The van der Waals surface area contributed by atoms with Gasteiger partial charge in [-0.2, -0.15) is 0 Å². The number of pyridine rings is 1. The minimum atomic E-state index is 0.115. The summed E-state index contributed by atoms with van der Waals surface area (Å²) in [5.41, 5.74) is 10.8. The van der Waals surface area contributed by atoms with Crippen molar-refractivity contribution in [3.05, 3.63) is 120 Å². The van der Waals surface area contributed by atoms with Crippen molar-refractivity contribution in [3.8, 4) is 0 Å². The Morgan fingerprint density at radius 1 is 0.577 bits per heavy atom. The van der Waals surface area contributed by atoms with E-state index in [2.05, 4.69) is 94.9 Å². The van der Waals surface area contributed by atoms with E-state index in [1.165, 1.54) is 54.2 Å². The smallest absolute Gasteiger partial charge is 0.166 e. The minimum Gasteiger partial charge on any atom is -0.309 e. The summed E-state index contributed by atoms with van der Waals surface area (Å²) < 4.78 is 4.81. The maximum absolute atomic E-state index is 14.2. The number of fused-ring (bicyclic) bond motifs is 13. The fourth-order valence-electron chi connectivity index (χ4n) is 11.5. The van der Waals surface area contributed by atoms with Crippen LogP contribution in [0.4, 0.5) is 0 Å². The molecule has 2 saturated carbocycles. The summed E-state index contributed by atoms with van der Waals surface area (Å²) >= 11 is 0. The van der Waals surface area contributed by atoms with Gasteiger partial charge in [-0.3, -0.25) is 9.59 Å². The van der Waals surface area contributed by atoms with E-state index in [9.17, 15) is 9.59 Å². The summed E-state index contributed by atoms with van der Waals surface area (Å²) in [5, 5.41) is 9.62. The molecule has 252 valence electrons. The third-order valence-corrected chi connectivity index (χ3v) is 13.9. The molecule has 6 aliphatic carbocycles. The maximum Gasteiger partial charge on any atom is 0.166 e. The van der Waals surface area contributed by atoms with Crippen LogP contribution < -0.4 is 0 Å². The van der Waals surface area contributed by atoms with Gasteiger partial charge >= 0.3 is 0 Å². The number of carbonyl (C=O) groups is 2. The normalized spacial score (nSPS) is 23.1. The van der Waals surface area contributed by atoms with Gasteiger partial charge in [-0.15, -0.1) is 0 Å². The standard InChI is InChI=1S/C48H38N2O2/c1-3-7-30(4-2)49-40-11-6-9-27-8-5-10-31(43(27)40)35-22-36-34-20-32-25-12-16-28(17-13-25)47(51)37(32)23-41(34)50-42-24-38-33(21-39(42)44(45(35)49)46(36)50)26-14-18-29(19-15-26)48(38)52/h3-11,20-26,28-29H,1-2,12-19H2/b30-7+. The Morgan fingerprint density at radius 2 is 1.15 bits per heavy atom. The molecule has 6 aliphatic rings. The van der Waals surface area contributed by atoms with Crippen molar-refractivity contribution < 1.29 is 9.59 Å². The second-order valence-corrected chi connectivity index (χ2v) is 16.2. The Labute approximate surface area is 301 Å². The molecule has 4 heteroatoms. The number of aromatic nitrogens is 2. The van der Waals surface area contributed by atoms with Crippen molar-refractivity contribution >= 4 is 87.9 Å². The number of ketones is 2. The van der Waals surface area contributed by atoms with Crippen molar-refractivity contribution in [2.24, 2.45) is 11.8 Å². The molecule has 3 heterocycles. The molecule has 0 amide bonds. The minimum absolute atomic E-state index is 0.115. The Hall–Kier alpha value is -5.48.